The Balaban J connectivity index is 1.40. The van der Waals surface area contributed by atoms with Crippen LogP contribution in [-0.2, 0) is 11.2 Å². The second-order valence-corrected chi connectivity index (χ2v) is 7.81. The van der Waals surface area contributed by atoms with E-state index >= 15 is 0 Å². The zero-order chi connectivity index (χ0) is 22.1. The molecule has 2 aromatic carbocycles. The van der Waals surface area contributed by atoms with E-state index in [1.165, 1.54) is 11.3 Å². The first-order valence-electron chi connectivity index (χ1n) is 10.7. The first-order chi connectivity index (χ1) is 15.7. The summed E-state index contributed by atoms with van der Waals surface area (Å²) in [5, 5.41) is 18.8. The summed E-state index contributed by atoms with van der Waals surface area (Å²) in [6.45, 7) is 2.16. The first kappa shape index (κ1) is 20.0. The molecule has 3 aromatic rings. The number of nitrogens with zero attached hydrogens (tertiary/aromatic N) is 6. The van der Waals surface area contributed by atoms with Gasteiger partial charge in [-0.3, -0.25) is 10.0 Å². The molecule has 0 saturated carbocycles. The molecule has 0 aliphatic carbocycles. The minimum absolute atomic E-state index is 0.184. The van der Waals surface area contributed by atoms with Crippen LogP contribution in [0.1, 0.15) is 18.9 Å². The van der Waals surface area contributed by atoms with Crippen molar-refractivity contribution >= 4 is 5.71 Å². The van der Waals surface area contributed by atoms with E-state index in [0.717, 1.165) is 41.1 Å². The Morgan fingerprint density at radius 2 is 1.84 bits per heavy atom. The van der Waals surface area contributed by atoms with Gasteiger partial charge in [-0.25, -0.2) is 4.99 Å². The Morgan fingerprint density at radius 1 is 1.06 bits per heavy atom. The number of hydrazine groups is 1. The number of ether oxygens (including phenoxy) is 1. The number of nitrogens with one attached hydrogen (secondary N) is 1. The number of H-pyrrole nitrogens is 1. The number of aromatic nitrogens is 4. The summed E-state index contributed by atoms with van der Waals surface area (Å²) in [4.78, 5) is 4.88. The standard InChI is InChI=1S/C24H25N7O/c1-4-21-22(31-23(25-21)14-18(32-3)15-30(31)2)13-16-9-11-17(12-10-16)19-7-5-6-8-20(19)24-26-28-29-27-24/h5-12,14-15,22H,4,13H2,1-3H3,(H,26,27,28,29). The second-order valence-electron chi connectivity index (χ2n) is 7.81. The van der Waals surface area contributed by atoms with Gasteiger partial charge in [0.15, 0.2) is 5.82 Å². The van der Waals surface area contributed by atoms with Gasteiger partial charge >= 0.3 is 0 Å². The van der Waals surface area contributed by atoms with Crippen molar-refractivity contribution in [3.8, 4) is 22.5 Å². The van der Waals surface area contributed by atoms with Gasteiger partial charge in [0.2, 0.25) is 5.82 Å². The number of hydrogen-bond acceptors (Lipinski definition) is 7. The Bertz CT molecular complexity index is 1200. The highest BCUT2D eigenvalue weighted by Gasteiger charge is 2.35. The van der Waals surface area contributed by atoms with Crippen LogP contribution < -0.4 is 0 Å². The maximum absolute atomic E-state index is 5.42. The fraction of sp³-hybridized carbons (Fsp3) is 0.250. The lowest BCUT2D eigenvalue weighted by Crippen LogP contribution is -2.45. The monoisotopic (exact) mass is 427 g/mol. The van der Waals surface area contributed by atoms with E-state index in [1.807, 2.05) is 37.5 Å². The molecule has 0 radical (unpaired) electrons. The van der Waals surface area contributed by atoms with Gasteiger partial charge in [-0.2, -0.15) is 5.21 Å². The summed E-state index contributed by atoms with van der Waals surface area (Å²) in [7, 11) is 3.72. The van der Waals surface area contributed by atoms with Crippen LogP contribution in [0.15, 0.2) is 77.4 Å². The molecule has 1 N–H and O–H groups in total. The van der Waals surface area contributed by atoms with Gasteiger partial charge in [-0.15, -0.1) is 10.2 Å². The second kappa shape index (κ2) is 8.30. The van der Waals surface area contributed by atoms with Crippen LogP contribution >= 0.6 is 0 Å². The third-order valence-electron chi connectivity index (χ3n) is 5.90. The average Bonchev–Trinajstić information content (AvgIpc) is 3.48. The minimum Gasteiger partial charge on any atom is -0.495 e. The van der Waals surface area contributed by atoms with Gasteiger partial charge in [-0.05, 0) is 28.3 Å². The van der Waals surface area contributed by atoms with E-state index in [2.05, 4.69) is 67.9 Å². The summed E-state index contributed by atoms with van der Waals surface area (Å²) in [5.74, 6) is 2.33. The Hall–Kier alpha value is -3.94. The van der Waals surface area contributed by atoms with Crippen LogP contribution in [0.3, 0.4) is 0 Å². The molecule has 0 fully saturated rings. The third-order valence-corrected chi connectivity index (χ3v) is 5.90. The molecule has 8 nitrogen and oxygen atoms in total. The fourth-order valence-electron chi connectivity index (χ4n) is 4.34. The van der Waals surface area contributed by atoms with Gasteiger partial charge < -0.3 is 4.74 Å². The minimum atomic E-state index is 0.184. The quantitative estimate of drug-likeness (QED) is 0.644. The van der Waals surface area contributed by atoms with Crippen LogP contribution in [0.5, 0.6) is 0 Å². The predicted octanol–water partition coefficient (Wildman–Crippen LogP) is 3.80. The Kier molecular flexibility index (Phi) is 5.18. The molecule has 2 aliphatic rings. The van der Waals surface area contributed by atoms with Crippen molar-refractivity contribution in [2.75, 3.05) is 14.2 Å². The highest BCUT2D eigenvalue weighted by atomic mass is 16.5. The van der Waals surface area contributed by atoms with Crippen molar-refractivity contribution in [2.24, 2.45) is 4.99 Å². The molecule has 0 spiro atoms. The summed E-state index contributed by atoms with van der Waals surface area (Å²) >= 11 is 0. The van der Waals surface area contributed by atoms with Crippen LogP contribution in [0.2, 0.25) is 0 Å². The van der Waals surface area contributed by atoms with Gasteiger partial charge in [0.05, 0.1) is 19.4 Å². The van der Waals surface area contributed by atoms with Crippen LogP contribution in [-0.4, -0.2) is 56.6 Å². The molecule has 1 aromatic heterocycles. The van der Waals surface area contributed by atoms with Gasteiger partial charge in [0.1, 0.15) is 5.76 Å². The summed E-state index contributed by atoms with van der Waals surface area (Å²) < 4.78 is 5.42. The van der Waals surface area contributed by atoms with Crippen molar-refractivity contribution in [3.63, 3.8) is 0 Å². The number of aliphatic imine (C=N–C) groups is 1. The molecule has 3 heterocycles. The van der Waals surface area contributed by atoms with Crippen molar-refractivity contribution in [2.45, 2.75) is 25.8 Å². The van der Waals surface area contributed by atoms with E-state index in [0.29, 0.717) is 5.82 Å². The van der Waals surface area contributed by atoms with Crippen LogP contribution in [0.25, 0.3) is 22.5 Å². The molecule has 5 rings (SSSR count). The average molecular weight is 428 g/mol. The highest BCUT2D eigenvalue weighted by molar-refractivity contribution is 5.92. The molecule has 1 atom stereocenters. The van der Waals surface area contributed by atoms with E-state index < -0.39 is 0 Å². The number of fused-ring (bicyclic) bond motifs is 1. The number of hydrogen-bond donors (Lipinski definition) is 1. The maximum atomic E-state index is 5.42. The fourth-order valence-corrected chi connectivity index (χ4v) is 4.34. The van der Waals surface area contributed by atoms with E-state index in [-0.39, 0.29) is 6.04 Å². The molecule has 32 heavy (non-hydrogen) atoms. The van der Waals surface area contributed by atoms with E-state index in [1.54, 1.807) is 7.11 Å². The summed E-state index contributed by atoms with van der Waals surface area (Å²) in [6.07, 6.45) is 5.76. The largest absolute Gasteiger partial charge is 0.495 e. The molecular weight excluding hydrogens is 402 g/mol. The number of aromatic amines is 1. The van der Waals surface area contributed by atoms with Crippen molar-refractivity contribution in [1.29, 1.82) is 0 Å². The van der Waals surface area contributed by atoms with Gasteiger partial charge in [0.25, 0.3) is 0 Å². The lowest BCUT2D eigenvalue weighted by atomic mass is 9.95. The maximum Gasteiger partial charge on any atom is 0.205 e. The van der Waals surface area contributed by atoms with Gasteiger partial charge in [-0.1, -0.05) is 55.5 Å². The zero-order valence-electron chi connectivity index (χ0n) is 18.4. The lowest BCUT2D eigenvalue weighted by molar-refractivity contribution is 0.0630. The number of rotatable bonds is 6. The number of allylic oxidation sites excluding steroid dienone is 1. The van der Waals surface area contributed by atoms with Crippen LogP contribution in [0.4, 0.5) is 0 Å². The first-order valence-corrected chi connectivity index (χ1v) is 10.7. The van der Waals surface area contributed by atoms with Crippen LogP contribution in [0, 0.1) is 0 Å². The Morgan fingerprint density at radius 3 is 2.53 bits per heavy atom. The highest BCUT2D eigenvalue weighted by Crippen LogP contribution is 2.33. The Labute approximate surface area is 186 Å². The predicted molar refractivity (Wildman–Crippen MR) is 123 cm³/mol. The van der Waals surface area contributed by atoms with Crippen molar-refractivity contribution in [1.82, 2.24) is 30.6 Å². The summed E-state index contributed by atoms with van der Waals surface area (Å²) in [6, 6.07) is 17.0. The summed E-state index contributed by atoms with van der Waals surface area (Å²) in [5.41, 5.74) is 5.59. The smallest absolute Gasteiger partial charge is 0.205 e. The molecule has 0 saturated heterocycles. The number of benzene rings is 2. The van der Waals surface area contributed by atoms with E-state index in [9.17, 15) is 0 Å². The molecule has 162 valence electrons. The molecule has 0 bridgehead atoms. The third kappa shape index (κ3) is 3.53. The van der Waals surface area contributed by atoms with Crippen molar-refractivity contribution < 1.29 is 4.74 Å². The lowest BCUT2D eigenvalue weighted by Gasteiger charge is -2.37. The topological polar surface area (TPSA) is 82.5 Å². The molecule has 2 aliphatic heterocycles. The van der Waals surface area contributed by atoms with E-state index in [4.69, 9.17) is 9.73 Å². The van der Waals surface area contributed by atoms with Gasteiger partial charge in [0, 0.05) is 30.8 Å². The zero-order valence-corrected chi connectivity index (χ0v) is 18.4. The number of tetrazole rings is 1. The SMILES string of the molecule is CCC1=NC2=CC(OC)=CN(C)N2C1Cc1ccc(-c2ccccc2-c2nn[nH]n2)cc1. The molecule has 1 unspecified atom stereocenters. The molecular formula is C24H25N7O. The molecule has 8 heteroatoms. The van der Waals surface area contributed by atoms with Crippen molar-refractivity contribution in [3.05, 3.63) is 78.0 Å². The molecule has 0 amide bonds. The normalized spacial score (nSPS) is 17.6. The number of methoxy groups -OCH3 is 1.